The zero-order valence-corrected chi connectivity index (χ0v) is 39.2. The zero-order valence-electron chi connectivity index (χ0n) is 39.2. The monoisotopic (exact) mass is 854 g/mol. The van der Waals surface area contributed by atoms with Crippen LogP contribution in [0.2, 0.25) is 0 Å². The second-order valence-electron chi connectivity index (χ2n) is 18.3. The first-order valence-electron chi connectivity index (χ1n) is 25.9. The molecule has 0 radical (unpaired) electrons. The molecule has 0 saturated carbocycles. The summed E-state index contributed by atoms with van der Waals surface area (Å²) in [5.74, 6) is -0.172. The third kappa shape index (κ3) is 31.7. The van der Waals surface area contributed by atoms with Crippen LogP contribution < -0.4 is 5.32 Å². The number of nitrogens with one attached hydrogen (secondary N) is 1. The van der Waals surface area contributed by atoms with E-state index in [0.717, 1.165) is 38.5 Å². The lowest BCUT2D eigenvalue weighted by molar-refractivity contribution is -0.302. The highest BCUT2D eigenvalue weighted by atomic mass is 16.7. The van der Waals surface area contributed by atoms with Gasteiger partial charge in [0.05, 0.1) is 25.4 Å². The van der Waals surface area contributed by atoms with E-state index < -0.39 is 49.5 Å². The SMILES string of the molecule is CCCCCCCCCCCCCCCC/C=C/[C@@H](O)[C@H](CO[C@@H]1O[C@H](CO)[C@H](O)C(O)C1O)NC(=O)CCCCCCCCCCCCCCCCCCCCCCC. The van der Waals surface area contributed by atoms with E-state index in [9.17, 15) is 30.3 Å². The minimum absolute atomic E-state index is 0.172. The standard InChI is InChI=1S/C51H99NO8/c1-3-5-7-9-11-13-15-17-19-21-22-23-24-25-27-29-31-33-35-37-39-41-47(55)52-44(43-59-51-50(58)49(57)48(56)46(42-53)60-51)45(54)40-38-36-34-32-30-28-26-20-18-16-14-12-10-8-6-4-2/h38,40,44-46,48-51,53-54,56-58H,3-37,39,41-43H2,1-2H3,(H,52,55)/b40-38+/t44-,45+,46+,48-,49?,50?,51+/m0/s1. The quantitative estimate of drug-likeness (QED) is 0.0262. The van der Waals surface area contributed by atoms with Gasteiger partial charge in [-0.25, -0.2) is 0 Å². The third-order valence-corrected chi connectivity index (χ3v) is 12.6. The number of unbranched alkanes of at least 4 members (excludes halogenated alkanes) is 34. The van der Waals surface area contributed by atoms with Crippen LogP contribution in [-0.4, -0.2) is 87.5 Å². The first kappa shape index (κ1) is 56.9. The summed E-state index contributed by atoms with van der Waals surface area (Å²) in [6.45, 7) is 3.80. The van der Waals surface area contributed by atoms with E-state index in [2.05, 4.69) is 19.2 Å². The molecule has 7 atom stereocenters. The minimum Gasteiger partial charge on any atom is -0.394 e. The van der Waals surface area contributed by atoms with Crippen LogP contribution in [0.25, 0.3) is 0 Å². The van der Waals surface area contributed by atoms with Gasteiger partial charge in [-0.2, -0.15) is 0 Å². The second-order valence-corrected chi connectivity index (χ2v) is 18.3. The summed E-state index contributed by atoms with van der Waals surface area (Å²) in [5, 5.41) is 54.3. The predicted molar refractivity (Wildman–Crippen MR) is 249 cm³/mol. The van der Waals surface area contributed by atoms with Gasteiger partial charge in [-0.15, -0.1) is 0 Å². The van der Waals surface area contributed by atoms with E-state index in [0.29, 0.717) is 6.42 Å². The molecule has 6 N–H and O–H groups in total. The molecule has 0 aromatic rings. The normalized spacial score (nSPS) is 20.6. The number of carbonyl (C=O) groups is 1. The molecule has 1 rings (SSSR count). The lowest BCUT2D eigenvalue weighted by atomic mass is 9.99. The number of ether oxygens (including phenoxy) is 2. The predicted octanol–water partition coefficient (Wildman–Crippen LogP) is 11.7. The highest BCUT2D eigenvalue weighted by Crippen LogP contribution is 2.23. The van der Waals surface area contributed by atoms with Crippen LogP contribution in [-0.2, 0) is 14.3 Å². The van der Waals surface area contributed by atoms with Gasteiger partial charge in [-0.3, -0.25) is 4.79 Å². The first-order valence-corrected chi connectivity index (χ1v) is 25.9. The molecule has 356 valence electrons. The fourth-order valence-corrected chi connectivity index (χ4v) is 8.45. The van der Waals surface area contributed by atoms with Crippen LogP contribution in [0.15, 0.2) is 12.2 Å². The van der Waals surface area contributed by atoms with E-state index in [4.69, 9.17) is 9.47 Å². The van der Waals surface area contributed by atoms with Gasteiger partial charge in [0.25, 0.3) is 0 Å². The maximum absolute atomic E-state index is 13.0. The number of carbonyl (C=O) groups excluding carboxylic acids is 1. The Morgan fingerprint density at radius 1 is 0.550 bits per heavy atom. The number of aliphatic hydroxyl groups excluding tert-OH is 5. The van der Waals surface area contributed by atoms with Crippen molar-refractivity contribution in [2.24, 2.45) is 0 Å². The van der Waals surface area contributed by atoms with E-state index in [1.807, 2.05) is 6.08 Å². The fraction of sp³-hybridized carbons (Fsp3) is 0.941. The van der Waals surface area contributed by atoms with E-state index in [-0.39, 0.29) is 12.5 Å². The van der Waals surface area contributed by atoms with Crippen LogP contribution in [0.3, 0.4) is 0 Å². The highest BCUT2D eigenvalue weighted by Gasteiger charge is 2.44. The molecule has 9 nitrogen and oxygen atoms in total. The Morgan fingerprint density at radius 2 is 0.917 bits per heavy atom. The van der Waals surface area contributed by atoms with Gasteiger partial charge in [-0.1, -0.05) is 238 Å². The Morgan fingerprint density at radius 3 is 1.30 bits per heavy atom. The molecule has 0 aromatic carbocycles. The average Bonchev–Trinajstić information content (AvgIpc) is 3.25. The molecule has 9 heteroatoms. The topological polar surface area (TPSA) is 149 Å². The van der Waals surface area contributed by atoms with Crippen LogP contribution in [0, 0.1) is 0 Å². The third-order valence-electron chi connectivity index (χ3n) is 12.6. The number of aliphatic hydroxyl groups is 5. The number of hydrogen-bond acceptors (Lipinski definition) is 8. The van der Waals surface area contributed by atoms with Crippen molar-refractivity contribution in [3.63, 3.8) is 0 Å². The molecule has 60 heavy (non-hydrogen) atoms. The van der Waals surface area contributed by atoms with Gasteiger partial charge in [0.2, 0.25) is 5.91 Å². The van der Waals surface area contributed by atoms with Crippen molar-refractivity contribution in [3.8, 4) is 0 Å². The van der Waals surface area contributed by atoms with Crippen LogP contribution >= 0.6 is 0 Å². The molecular formula is C51H99NO8. The van der Waals surface area contributed by atoms with E-state index in [1.54, 1.807) is 6.08 Å². The Hall–Kier alpha value is -1.07. The fourth-order valence-electron chi connectivity index (χ4n) is 8.45. The summed E-state index contributed by atoms with van der Waals surface area (Å²) < 4.78 is 11.2. The van der Waals surface area contributed by atoms with Gasteiger partial charge in [0.1, 0.15) is 24.4 Å². The Balaban J connectivity index is 2.27. The van der Waals surface area contributed by atoms with Crippen molar-refractivity contribution >= 4 is 5.91 Å². The van der Waals surface area contributed by atoms with Gasteiger partial charge >= 0.3 is 0 Å². The van der Waals surface area contributed by atoms with Crippen molar-refractivity contribution in [3.05, 3.63) is 12.2 Å². The maximum Gasteiger partial charge on any atom is 0.220 e. The summed E-state index contributed by atoms with van der Waals surface area (Å²) in [6.07, 6.45) is 42.6. The molecule has 0 aliphatic carbocycles. The van der Waals surface area contributed by atoms with E-state index >= 15 is 0 Å². The number of amides is 1. The summed E-state index contributed by atoms with van der Waals surface area (Å²) in [7, 11) is 0. The average molecular weight is 854 g/mol. The Kier molecular flexibility index (Phi) is 39.8. The number of allylic oxidation sites excluding steroid dienone is 1. The summed E-state index contributed by atoms with van der Waals surface area (Å²) in [5.41, 5.74) is 0. The van der Waals surface area contributed by atoms with Crippen molar-refractivity contribution in [2.75, 3.05) is 13.2 Å². The summed E-state index contributed by atoms with van der Waals surface area (Å²) >= 11 is 0. The highest BCUT2D eigenvalue weighted by molar-refractivity contribution is 5.76. The molecule has 1 saturated heterocycles. The maximum atomic E-state index is 13.0. The molecule has 0 spiro atoms. The van der Waals surface area contributed by atoms with Crippen molar-refractivity contribution in [1.82, 2.24) is 5.32 Å². The molecule has 0 bridgehead atoms. The van der Waals surface area contributed by atoms with Crippen molar-refractivity contribution in [1.29, 1.82) is 0 Å². The van der Waals surface area contributed by atoms with Crippen LogP contribution in [0.1, 0.15) is 251 Å². The second kappa shape index (κ2) is 41.9. The number of rotatable bonds is 44. The smallest absolute Gasteiger partial charge is 0.220 e. The van der Waals surface area contributed by atoms with Crippen LogP contribution in [0.5, 0.6) is 0 Å². The van der Waals surface area contributed by atoms with Gasteiger partial charge in [0.15, 0.2) is 6.29 Å². The largest absolute Gasteiger partial charge is 0.394 e. The molecule has 0 aromatic heterocycles. The summed E-state index contributed by atoms with van der Waals surface area (Å²) in [6, 6.07) is -0.799. The Labute approximate surface area is 369 Å². The first-order chi connectivity index (χ1) is 29.3. The lowest BCUT2D eigenvalue weighted by Gasteiger charge is -2.40. The molecule has 1 heterocycles. The minimum atomic E-state index is -1.56. The van der Waals surface area contributed by atoms with Crippen LogP contribution in [0.4, 0.5) is 0 Å². The molecule has 1 fully saturated rings. The molecule has 1 amide bonds. The zero-order chi connectivity index (χ0) is 43.7. The van der Waals surface area contributed by atoms with Gasteiger partial charge < -0.3 is 40.3 Å². The van der Waals surface area contributed by atoms with Crippen molar-refractivity contribution in [2.45, 2.75) is 294 Å². The summed E-state index contributed by atoms with van der Waals surface area (Å²) in [4.78, 5) is 13.0. The molecule has 1 aliphatic rings. The molecular weight excluding hydrogens is 755 g/mol. The molecule has 1 aliphatic heterocycles. The van der Waals surface area contributed by atoms with Gasteiger partial charge in [0, 0.05) is 6.42 Å². The molecule has 2 unspecified atom stereocenters. The van der Waals surface area contributed by atoms with Gasteiger partial charge in [-0.05, 0) is 19.3 Å². The van der Waals surface area contributed by atoms with Crippen molar-refractivity contribution < 1.29 is 39.8 Å². The Bertz CT molecular complexity index is 950. The lowest BCUT2D eigenvalue weighted by Crippen LogP contribution is -2.60. The number of hydrogen-bond donors (Lipinski definition) is 6. The van der Waals surface area contributed by atoms with E-state index in [1.165, 1.54) is 193 Å².